The van der Waals surface area contributed by atoms with Gasteiger partial charge in [0.15, 0.2) is 0 Å². The Labute approximate surface area is 196 Å². The summed E-state index contributed by atoms with van der Waals surface area (Å²) in [7, 11) is -7.30. The molecule has 0 unspecified atom stereocenters. The standard InChI is InChI=1S/C23H30N2O6S2/c1-15-12-18-21(32(28,29)19-7-5-4-6-17(19)23(18,2)3)13-20(15)33(30,31)24-16-8-10-25(11-9-16)14-22(26)27/h4-7,12-13,16,24,28-29H,8-11,14H2,1-3H3,(H,26,27). The van der Waals surface area contributed by atoms with Crippen molar-refractivity contribution < 1.29 is 27.4 Å². The highest BCUT2D eigenvalue weighted by Crippen LogP contribution is 2.65. The van der Waals surface area contributed by atoms with Crippen molar-refractivity contribution in [1.82, 2.24) is 9.62 Å². The van der Waals surface area contributed by atoms with Crippen LogP contribution < -0.4 is 4.72 Å². The lowest BCUT2D eigenvalue weighted by Gasteiger charge is -2.46. The Hall–Kier alpha value is -1.95. The fourth-order valence-electron chi connectivity index (χ4n) is 4.86. The normalized spacial score (nSPS) is 21.1. The van der Waals surface area contributed by atoms with E-state index < -0.39 is 32.0 Å². The van der Waals surface area contributed by atoms with E-state index in [9.17, 15) is 22.3 Å². The van der Waals surface area contributed by atoms with Crippen molar-refractivity contribution in [2.75, 3.05) is 19.6 Å². The van der Waals surface area contributed by atoms with Gasteiger partial charge in [-0.3, -0.25) is 18.8 Å². The lowest BCUT2D eigenvalue weighted by molar-refractivity contribution is -0.138. The van der Waals surface area contributed by atoms with Crippen LogP contribution in [0, 0.1) is 6.92 Å². The smallest absolute Gasteiger partial charge is 0.317 e. The van der Waals surface area contributed by atoms with Crippen LogP contribution in [-0.4, -0.2) is 59.2 Å². The number of rotatable bonds is 5. The van der Waals surface area contributed by atoms with Crippen LogP contribution in [0.1, 0.15) is 43.4 Å². The summed E-state index contributed by atoms with van der Waals surface area (Å²) in [6.07, 6.45) is 1.01. The van der Waals surface area contributed by atoms with Gasteiger partial charge in [-0.05, 0) is 48.6 Å². The van der Waals surface area contributed by atoms with Crippen molar-refractivity contribution in [3.63, 3.8) is 0 Å². The number of carbonyl (C=O) groups is 1. The molecule has 33 heavy (non-hydrogen) atoms. The van der Waals surface area contributed by atoms with Crippen LogP contribution in [0.4, 0.5) is 0 Å². The molecule has 2 aliphatic heterocycles. The Morgan fingerprint density at radius 2 is 1.76 bits per heavy atom. The van der Waals surface area contributed by atoms with Crippen LogP contribution in [0.25, 0.3) is 0 Å². The molecule has 0 aliphatic carbocycles. The number of sulfonamides is 1. The highest BCUT2D eigenvalue weighted by Gasteiger charge is 2.42. The van der Waals surface area contributed by atoms with Crippen molar-refractivity contribution in [3.8, 4) is 0 Å². The molecule has 2 heterocycles. The maximum atomic E-state index is 13.3. The Kier molecular flexibility index (Phi) is 6.13. The summed E-state index contributed by atoms with van der Waals surface area (Å²) in [4.78, 5) is 13.4. The molecule has 2 aromatic rings. The lowest BCUT2D eigenvalue weighted by atomic mass is 9.77. The maximum absolute atomic E-state index is 13.3. The zero-order valence-electron chi connectivity index (χ0n) is 18.9. The first-order valence-corrected chi connectivity index (χ1v) is 13.9. The molecule has 0 spiro atoms. The fraction of sp³-hybridized carbons (Fsp3) is 0.435. The van der Waals surface area contributed by atoms with E-state index in [0.717, 1.165) is 5.56 Å². The van der Waals surface area contributed by atoms with Gasteiger partial charge in [0, 0.05) is 24.5 Å². The number of hydrogen-bond donors (Lipinski definition) is 4. The van der Waals surface area contributed by atoms with Crippen molar-refractivity contribution in [1.29, 1.82) is 0 Å². The predicted molar refractivity (Wildman–Crippen MR) is 127 cm³/mol. The van der Waals surface area contributed by atoms with Gasteiger partial charge in [-0.2, -0.15) is 0 Å². The first-order chi connectivity index (χ1) is 15.3. The van der Waals surface area contributed by atoms with Crippen molar-refractivity contribution in [3.05, 3.63) is 53.1 Å². The number of carboxylic acid groups (broad SMARTS) is 1. The van der Waals surface area contributed by atoms with Crippen LogP contribution >= 0.6 is 10.6 Å². The minimum atomic E-state index is -3.92. The van der Waals surface area contributed by atoms with Crippen LogP contribution in [0.15, 0.2) is 51.1 Å². The van der Waals surface area contributed by atoms with Crippen LogP contribution in [-0.2, 0) is 20.2 Å². The molecule has 2 aromatic carbocycles. The fourth-order valence-corrected chi connectivity index (χ4v) is 8.53. The van der Waals surface area contributed by atoms with Crippen LogP contribution in [0.5, 0.6) is 0 Å². The van der Waals surface area contributed by atoms with Crippen LogP contribution in [0.2, 0.25) is 0 Å². The summed E-state index contributed by atoms with van der Waals surface area (Å²) in [6, 6.07) is 10.0. The minimum Gasteiger partial charge on any atom is -0.480 e. The van der Waals surface area contributed by atoms with Gasteiger partial charge in [0.1, 0.15) is 0 Å². The third-order valence-corrected chi connectivity index (χ3v) is 10.3. The summed E-state index contributed by atoms with van der Waals surface area (Å²) in [5, 5.41) is 8.94. The molecule has 180 valence electrons. The molecule has 4 N–H and O–H groups in total. The van der Waals surface area contributed by atoms with Crippen molar-refractivity contribution >= 4 is 26.6 Å². The molecule has 0 aromatic heterocycles. The van der Waals surface area contributed by atoms with Crippen molar-refractivity contribution in [2.24, 2.45) is 0 Å². The first kappa shape index (κ1) is 24.2. The quantitative estimate of drug-likeness (QED) is 0.500. The monoisotopic (exact) mass is 494 g/mol. The van der Waals surface area contributed by atoms with E-state index in [1.807, 2.05) is 26.0 Å². The molecular weight excluding hydrogens is 464 g/mol. The topological polar surface area (TPSA) is 127 Å². The molecule has 0 saturated carbocycles. The highest BCUT2D eigenvalue weighted by molar-refractivity contribution is 8.24. The highest BCUT2D eigenvalue weighted by atomic mass is 32.3. The summed E-state index contributed by atoms with van der Waals surface area (Å²) in [5.41, 5.74) is 1.54. The number of carboxylic acids is 1. The molecule has 10 heteroatoms. The summed E-state index contributed by atoms with van der Waals surface area (Å²) in [5.74, 6) is -0.901. The zero-order valence-corrected chi connectivity index (χ0v) is 20.5. The third kappa shape index (κ3) is 4.31. The molecule has 0 amide bonds. The molecule has 1 saturated heterocycles. The Balaban J connectivity index is 1.67. The van der Waals surface area contributed by atoms with Gasteiger partial charge in [0.25, 0.3) is 0 Å². The number of aryl methyl sites for hydroxylation is 1. The van der Waals surface area contributed by atoms with E-state index in [1.54, 1.807) is 30.0 Å². The molecule has 8 nitrogen and oxygen atoms in total. The molecule has 0 bridgehead atoms. The third-order valence-electron chi connectivity index (χ3n) is 6.68. The van der Waals surface area contributed by atoms with Gasteiger partial charge < -0.3 is 5.11 Å². The average Bonchev–Trinajstić information content (AvgIpc) is 2.73. The number of aliphatic carboxylic acids is 1. The Bertz CT molecular complexity index is 1200. The van der Waals surface area contributed by atoms with E-state index in [1.165, 1.54) is 6.07 Å². The summed E-state index contributed by atoms with van der Waals surface area (Å²) < 4.78 is 51.7. The summed E-state index contributed by atoms with van der Waals surface area (Å²) >= 11 is 0. The molecule has 4 rings (SSSR count). The van der Waals surface area contributed by atoms with Gasteiger partial charge in [0.2, 0.25) is 10.0 Å². The van der Waals surface area contributed by atoms with E-state index in [0.29, 0.717) is 42.0 Å². The molecule has 1 fully saturated rings. The van der Waals surface area contributed by atoms with Gasteiger partial charge in [-0.1, -0.05) is 38.1 Å². The van der Waals surface area contributed by atoms with E-state index in [4.69, 9.17) is 5.11 Å². The van der Waals surface area contributed by atoms with Gasteiger partial charge in [-0.25, -0.2) is 13.1 Å². The number of likely N-dealkylation sites (tertiary alicyclic amines) is 1. The van der Waals surface area contributed by atoms with E-state index in [2.05, 4.69) is 4.72 Å². The lowest BCUT2D eigenvalue weighted by Crippen LogP contribution is -2.46. The number of nitrogens with zero attached hydrogens (tertiary/aromatic N) is 1. The molecular formula is C23H30N2O6S2. The minimum absolute atomic E-state index is 0.0318. The van der Waals surface area contributed by atoms with E-state index in [-0.39, 0.29) is 22.4 Å². The molecule has 0 radical (unpaired) electrons. The van der Waals surface area contributed by atoms with Crippen LogP contribution in [0.3, 0.4) is 0 Å². The number of benzene rings is 2. The number of piperidine rings is 1. The molecule has 2 aliphatic rings. The van der Waals surface area contributed by atoms with E-state index >= 15 is 0 Å². The Morgan fingerprint density at radius 1 is 1.12 bits per heavy atom. The van der Waals surface area contributed by atoms with Gasteiger partial charge >= 0.3 is 5.97 Å². The second-order valence-electron chi connectivity index (χ2n) is 9.35. The number of hydrogen-bond acceptors (Lipinski definition) is 6. The predicted octanol–water partition coefficient (Wildman–Crippen LogP) is 3.63. The SMILES string of the molecule is Cc1cc2c(cc1S(=O)(=O)NC1CCN(CC(=O)O)CC1)S(O)(O)c1ccccc1C2(C)C. The van der Waals surface area contributed by atoms with Crippen molar-refractivity contribution in [2.45, 2.75) is 59.8 Å². The second-order valence-corrected chi connectivity index (χ2v) is 13.0. The number of fused-ring (bicyclic) bond motifs is 2. The van der Waals surface area contributed by atoms with Gasteiger partial charge in [-0.15, -0.1) is 10.6 Å². The van der Waals surface area contributed by atoms with Gasteiger partial charge in [0.05, 0.1) is 21.2 Å². The first-order valence-electron chi connectivity index (χ1n) is 10.8. The maximum Gasteiger partial charge on any atom is 0.317 e. The molecule has 0 atom stereocenters. The average molecular weight is 495 g/mol. The number of nitrogens with one attached hydrogen (secondary N) is 1. The largest absolute Gasteiger partial charge is 0.480 e. The second kappa shape index (κ2) is 8.37. The summed E-state index contributed by atoms with van der Waals surface area (Å²) in [6.45, 7) is 6.64. The Morgan fingerprint density at radius 3 is 2.39 bits per heavy atom. The zero-order chi connectivity index (χ0) is 24.2.